The zero-order chi connectivity index (χ0) is 28.8. The number of carbonyl (C=O) groups is 2. The van der Waals surface area contributed by atoms with Gasteiger partial charge in [-0.3, -0.25) is 13.9 Å². The number of carbonyl (C=O) groups excluding carboxylic acids is 2. The molecule has 1 N–H and O–H groups in total. The Morgan fingerprint density at radius 3 is 2.28 bits per heavy atom. The predicted octanol–water partition coefficient (Wildman–Crippen LogP) is 5.38. The molecule has 39 heavy (non-hydrogen) atoms. The summed E-state index contributed by atoms with van der Waals surface area (Å²) in [6.07, 6.45) is 1.02. The third kappa shape index (κ3) is 8.35. The Morgan fingerprint density at radius 1 is 1.08 bits per heavy atom. The van der Waals surface area contributed by atoms with Gasteiger partial charge in [-0.15, -0.1) is 0 Å². The molecule has 214 valence electrons. The molecule has 0 heterocycles. The van der Waals surface area contributed by atoms with Crippen LogP contribution < -0.4 is 9.62 Å². The van der Waals surface area contributed by atoms with Crippen molar-refractivity contribution in [1.29, 1.82) is 0 Å². The standard InChI is InChI=1S/C27H33ClF3N3O4S/c1-3-24(26(36)32-20-12-8-5-9-13-20)33(17-19-10-6-4-7-11-19)25(35)18-34(39(2,37)38)21-14-15-23(28)22(16-21)27(29,30)31/h4,6-7,10-11,14-16,20,24H,3,5,8-9,12-13,17-18H2,1-2H3,(H,32,36). The van der Waals surface area contributed by atoms with Crippen LogP contribution in [0.4, 0.5) is 18.9 Å². The zero-order valence-corrected chi connectivity index (χ0v) is 23.5. The molecular formula is C27H33ClF3N3O4S. The molecule has 7 nitrogen and oxygen atoms in total. The van der Waals surface area contributed by atoms with E-state index < -0.39 is 45.3 Å². The summed E-state index contributed by atoms with van der Waals surface area (Å²) in [5.41, 5.74) is -0.865. The molecule has 1 aliphatic carbocycles. The number of hydrogen-bond donors (Lipinski definition) is 1. The highest BCUT2D eigenvalue weighted by Gasteiger charge is 2.36. The van der Waals surface area contributed by atoms with Gasteiger partial charge in [-0.1, -0.05) is 68.1 Å². The van der Waals surface area contributed by atoms with E-state index in [1.54, 1.807) is 37.3 Å². The maximum Gasteiger partial charge on any atom is 0.417 e. The second-order valence-corrected chi connectivity index (χ2v) is 12.0. The van der Waals surface area contributed by atoms with Crippen LogP contribution in [0.3, 0.4) is 0 Å². The molecule has 0 aromatic heterocycles. The molecule has 3 rings (SSSR count). The summed E-state index contributed by atoms with van der Waals surface area (Å²) in [4.78, 5) is 28.4. The van der Waals surface area contributed by atoms with Gasteiger partial charge in [0.25, 0.3) is 0 Å². The van der Waals surface area contributed by atoms with Gasteiger partial charge >= 0.3 is 6.18 Å². The van der Waals surface area contributed by atoms with Crippen LogP contribution >= 0.6 is 11.6 Å². The number of rotatable bonds is 10. The van der Waals surface area contributed by atoms with Crippen molar-refractivity contribution < 1.29 is 31.2 Å². The van der Waals surface area contributed by atoms with E-state index >= 15 is 0 Å². The summed E-state index contributed by atoms with van der Waals surface area (Å²) in [6, 6.07) is 10.6. The van der Waals surface area contributed by atoms with Crippen molar-refractivity contribution in [3.05, 3.63) is 64.7 Å². The molecule has 2 aromatic carbocycles. The second kappa shape index (κ2) is 13.0. The zero-order valence-electron chi connectivity index (χ0n) is 21.9. The monoisotopic (exact) mass is 587 g/mol. The quantitative estimate of drug-likeness (QED) is 0.404. The molecule has 0 spiro atoms. The van der Waals surface area contributed by atoms with Gasteiger partial charge in [0, 0.05) is 12.6 Å². The van der Waals surface area contributed by atoms with Gasteiger partial charge in [-0.25, -0.2) is 8.42 Å². The number of anilines is 1. The molecule has 2 aromatic rings. The van der Waals surface area contributed by atoms with Gasteiger partial charge in [0.1, 0.15) is 12.6 Å². The molecule has 2 amide bonds. The number of benzene rings is 2. The maximum absolute atomic E-state index is 13.7. The van der Waals surface area contributed by atoms with E-state index in [-0.39, 0.29) is 30.6 Å². The van der Waals surface area contributed by atoms with Crippen LogP contribution in [0.5, 0.6) is 0 Å². The predicted molar refractivity (Wildman–Crippen MR) is 145 cm³/mol. The van der Waals surface area contributed by atoms with Crippen molar-refractivity contribution in [2.75, 3.05) is 17.1 Å². The maximum atomic E-state index is 13.7. The number of nitrogens with one attached hydrogen (secondary N) is 1. The summed E-state index contributed by atoms with van der Waals surface area (Å²) >= 11 is 5.71. The summed E-state index contributed by atoms with van der Waals surface area (Å²) in [5.74, 6) is -1.07. The van der Waals surface area contributed by atoms with Crippen LogP contribution in [0.2, 0.25) is 5.02 Å². The van der Waals surface area contributed by atoms with Gasteiger partial charge in [0.15, 0.2) is 0 Å². The normalized spacial score (nSPS) is 15.4. The van der Waals surface area contributed by atoms with E-state index in [0.29, 0.717) is 15.9 Å². The first-order valence-electron chi connectivity index (χ1n) is 12.8. The number of sulfonamides is 1. The Morgan fingerprint density at radius 2 is 1.72 bits per heavy atom. The minimum Gasteiger partial charge on any atom is -0.352 e. The molecule has 0 aliphatic heterocycles. The number of amides is 2. The lowest BCUT2D eigenvalue weighted by Gasteiger charge is -2.34. The molecular weight excluding hydrogens is 555 g/mol. The lowest BCUT2D eigenvalue weighted by molar-refractivity contribution is -0.140. The number of hydrogen-bond acceptors (Lipinski definition) is 4. The first-order chi connectivity index (χ1) is 18.3. The van der Waals surface area contributed by atoms with Crippen molar-refractivity contribution in [1.82, 2.24) is 10.2 Å². The molecule has 1 aliphatic rings. The van der Waals surface area contributed by atoms with Gasteiger partial charge < -0.3 is 10.2 Å². The van der Waals surface area contributed by atoms with Crippen LogP contribution in [0.25, 0.3) is 0 Å². The Bertz CT molecular complexity index is 1250. The van der Waals surface area contributed by atoms with Gasteiger partial charge in [-0.05, 0) is 43.0 Å². The van der Waals surface area contributed by atoms with Crippen molar-refractivity contribution in [3.8, 4) is 0 Å². The van der Waals surface area contributed by atoms with E-state index in [4.69, 9.17) is 11.6 Å². The van der Waals surface area contributed by atoms with Crippen molar-refractivity contribution >= 4 is 39.1 Å². The smallest absolute Gasteiger partial charge is 0.352 e. The van der Waals surface area contributed by atoms with Crippen LogP contribution in [0, 0.1) is 0 Å². The highest BCUT2D eigenvalue weighted by molar-refractivity contribution is 7.92. The van der Waals surface area contributed by atoms with Crippen LogP contribution in [0.15, 0.2) is 48.5 Å². The van der Waals surface area contributed by atoms with Crippen LogP contribution in [-0.2, 0) is 32.3 Å². The summed E-state index contributed by atoms with van der Waals surface area (Å²) in [7, 11) is -4.20. The molecule has 1 saturated carbocycles. The highest BCUT2D eigenvalue weighted by Crippen LogP contribution is 2.37. The Hall–Kier alpha value is -2.79. The van der Waals surface area contributed by atoms with E-state index in [0.717, 1.165) is 50.5 Å². The highest BCUT2D eigenvalue weighted by atomic mass is 35.5. The average molecular weight is 588 g/mol. The molecule has 1 atom stereocenters. The van der Waals surface area contributed by atoms with E-state index in [1.807, 2.05) is 0 Å². The lowest BCUT2D eigenvalue weighted by Crippen LogP contribution is -2.53. The molecule has 0 bridgehead atoms. The van der Waals surface area contributed by atoms with E-state index in [2.05, 4.69) is 5.32 Å². The molecule has 12 heteroatoms. The summed E-state index contributed by atoms with van der Waals surface area (Å²) in [6.45, 7) is 0.972. The SMILES string of the molecule is CCC(C(=O)NC1CCCCC1)N(Cc1ccccc1)C(=O)CN(c1ccc(Cl)c(C(F)(F)F)c1)S(C)(=O)=O. The fourth-order valence-electron chi connectivity index (χ4n) is 4.74. The third-order valence-corrected chi connectivity index (χ3v) is 8.23. The Kier molecular flexibility index (Phi) is 10.3. The second-order valence-electron chi connectivity index (χ2n) is 9.71. The number of halogens is 4. The molecule has 0 saturated heterocycles. The van der Waals surface area contributed by atoms with Crippen LogP contribution in [-0.4, -0.2) is 50.0 Å². The van der Waals surface area contributed by atoms with Gasteiger partial charge in [0.05, 0.1) is 22.5 Å². The minimum atomic E-state index is -4.83. The third-order valence-electron chi connectivity index (χ3n) is 6.76. The van der Waals surface area contributed by atoms with Crippen LogP contribution in [0.1, 0.15) is 56.6 Å². The fraction of sp³-hybridized carbons (Fsp3) is 0.481. The topological polar surface area (TPSA) is 86.8 Å². The average Bonchev–Trinajstić information content (AvgIpc) is 2.87. The van der Waals surface area contributed by atoms with E-state index in [1.165, 1.54) is 4.90 Å². The largest absolute Gasteiger partial charge is 0.417 e. The van der Waals surface area contributed by atoms with Gasteiger partial charge in [-0.2, -0.15) is 13.2 Å². The van der Waals surface area contributed by atoms with Crippen molar-refractivity contribution in [2.45, 2.75) is 70.3 Å². The Labute approximate surface area is 232 Å². The first kappa shape index (κ1) is 30.7. The molecule has 1 unspecified atom stereocenters. The minimum absolute atomic E-state index is 0.00338. The number of nitrogens with zero attached hydrogens (tertiary/aromatic N) is 2. The van der Waals surface area contributed by atoms with E-state index in [9.17, 15) is 31.2 Å². The summed E-state index contributed by atoms with van der Waals surface area (Å²) in [5, 5.41) is 2.44. The molecule has 1 fully saturated rings. The molecule has 0 radical (unpaired) electrons. The fourth-order valence-corrected chi connectivity index (χ4v) is 5.81. The Balaban J connectivity index is 1.95. The first-order valence-corrected chi connectivity index (χ1v) is 15.0. The number of alkyl halides is 3. The van der Waals surface area contributed by atoms with Crippen molar-refractivity contribution in [2.24, 2.45) is 0 Å². The lowest BCUT2D eigenvalue weighted by atomic mass is 9.95. The van der Waals surface area contributed by atoms with Crippen molar-refractivity contribution in [3.63, 3.8) is 0 Å². The van der Waals surface area contributed by atoms with Gasteiger partial charge in [0.2, 0.25) is 21.8 Å². The summed E-state index contributed by atoms with van der Waals surface area (Å²) < 4.78 is 66.4.